The van der Waals surface area contributed by atoms with Crippen molar-refractivity contribution in [2.24, 2.45) is 0 Å². The van der Waals surface area contributed by atoms with Crippen molar-refractivity contribution in [3.05, 3.63) is 95.7 Å². The predicted molar refractivity (Wildman–Crippen MR) is 135 cm³/mol. The molecular weight excluding hydrogens is 443 g/mol. The number of hydrogen-bond donors (Lipinski definition) is 0. The normalized spacial score (nSPS) is 14.8. The highest BCUT2D eigenvalue weighted by molar-refractivity contribution is 5.78. The molecule has 0 radical (unpaired) electrons. The van der Waals surface area contributed by atoms with Crippen LogP contribution in [0, 0.1) is 12.7 Å². The van der Waals surface area contributed by atoms with E-state index < -0.39 is 0 Å². The number of amides is 1. The predicted octanol–water partition coefficient (Wildman–Crippen LogP) is 4.66. The van der Waals surface area contributed by atoms with E-state index in [1.807, 2.05) is 71.5 Å². The number of pyridine rings is 1. The van der Waals surface area contributed by atoms with Crippen LogP contribution in [0.3, 0.4) is 0 Å². The Morgan fingerprint density at radius 3 is 2.51 bits per heavy atom. The molecule has 35 heavy (non-hydrogen) atoms. The standard InChI is InChI=1S/C28H29FN4O2/c1-20-8-7-13-27-30-19-25(33(20)27)22(21-9-3-6-12-26(21)35-2)18-28(34)32-16-14-31(15-17-32)24-11-5-4-10-23(24)29/h3-13,19,22H,14-18H2,1-2H3. The van der Waals surface area contributed by atoms with E-state index in [1.54, 1.807) is 19.2 Å². The number of halogens is 1. The lowest BCUT2D eigenvalue weighted by Crippen LogP contribution is -2.49. The van der Waals surface area contributed by atoms with E-state index in [0.717, 1.165) is 28.3 Å². The second kappa shape index (κ2) is 9.78. The largest absolute Gasteiger partial charge is 0.496 e. The van der Waals surface area contributed by atoms with Crippen LogP contribution in [0.4, 0.5) is 10.1 Å². The summed E-state index contributed by atoms with van der Waals surface area (Å²) in [7, 11) is 1.65. The van der Waals surface area contributed by atoms with Gasteiger partial charge < -0.3 is 18.9 Å². The number of benzene rings is 2. The Morgan fingerprint density at radius 1 is 1.00 bits per heavy atom. The number of fused-ring (bicyclic) bond motifs is 1. The SMILES string of the molecule is COc1ccccc1C(CC(=O)N1CCN(c2ccccc2F)CC1)c1cnc2cccc(C)n12. The van der Waals surface area contributed by atoms with Gasteiger partial charge >= 0.3 is 0 Å². The topological polar surface area (TPSA) is 50.1 Å². The van der Waals surface area contributed by atoms with E-state index in [1.165, 1.54) is 6.07 Å². The molecule has 2 aromatic heterocycles. The second-order valence-corrected chi connectivity index (χ2v) is 8.86. The first kappa shape index (κ1) is 22.9. The minimum absolute atomic E-state index is 0.0672. The second-order valence-electron chi connectivity index (χ2n) is 8.86. The van der Waals surface area contributed by atoms with Crippen molar-refractivity contribution in [3.8, 4) is 5.75 Å². The summed E-state index contributed by atoms with van der Waals surface area (Å²) in [5.74, 6) is 0.363. The number of methoxy groups -OCH3 is 1. The van der Waals surface area contributed by atoms with E-state index in [4.69, 9.17) is 4.74 Å². The number of aromatic nitrogens is 2. The van der Waals surface area contributed by atoms with Gasteiger partial charge in [-0.05, 0) is 37.3 Å². The van der Waals surface area contributed by atoms with Crippen molar-refractivity contribution in [3.63, 3.8) is 0 Å². The molecule has 1 fully saturated rings. The molecule has 1 aliphatic heterocycles. The first-order valence-corrected chi connectivity index (χ1v) is 11.9. The molecule has 0 N–H and O–H groups in total. The first-order chi connectivity index (χ1) is 17.1. The number of nitrogens with zero attached hydrogens (tertiary/aromatic N) is 4. The van der Waals surface area contributed by atoms with Gasteiger partial charge in [0.15, 0.2) is 0 Å². The van der Waals surface area contributed by atoms with Crippen LogP contribution in [0.5, 0.6) is 5.75 Å². The number of aryl methyl sites for hydroxylation is 1. The summed E-state index contributed by atoms with van der Waals surface area (Å²) < 4.78 is 22.0. The molecule has 1 atom stereocenters. The average molecular weight is 473 g/mol. The summed E-state index contributed by atoms with van der Waals surface area (Å²) in [4.78, 5) is 22.1. The lowest BCUT2D eigenvalue weighted by atomic mass is 9.91. The van der Waals surface area contributed by atoms with Crippen LogP contribution < -0.4 is 9.64 Å². The molecule has 1 amide bonds. The van der Waals surface area contributed by atoms with Gasteiger partial charge in [-0.1, -0.05) is 36.4 Å². The van der Waals surface area contributed by atoms with Crippen LogP contribution in [0.1, 0.15) is 29.3 Å². The van der Waals surface area contributed by atoms with E-state index in [-0.39, 0.29) is 17.6 Å². The summed E-state index contributed by atoms with van der Waals surface area (Å²) in [6, 6.07) is 20.6. The molecule has 6 nitrogen and oxygen atoms in total. The Labute approximate surface area is 204 Å². The van der Waals surface area contributed by atoms with Crippen LogP contribution in [-0.2, 0) is 4.79 Å². The number of anilines is 1. The maximum Gasteiger partial charge on any atom is 0.223 e. The number of para-hydroxylation sites is 2. The number of imidazole rings is 1. The third kappa shape index (κ3) is 4.46. The van der Waals surface area contributed by atoms with Crippen LogP contribution in [0.2, 0.25) is 0 Å². The van der Waals surface area contributed by atoms with E-state index in [0.29, 0.717) is 38.3 Å². The summed E-state index contributed by atoms with van der Waals surface area (Å²) in [6.07, 6.45) is 2.16. The van der Waals surface area contributed by atoms with Gasteiger partial charge in [0.2, 0.25) is 5.91 Å². The minimum atomic E-state index is -0.230. The summed E-state index contributed by atoms with van der Waals surface area (Å²) in [5, 5.41) is 0. The molecule has 4 aromatic rings. The smallest absolute Gasteiger partial charge is 0.223 e. The zero-order valence-electron chi connectivity index (χ0n) is 20.0. The van der Waals surface area contributed by atoms with E-state index >= 15 is 0 Å². The van der Waals surface area contributed by atoms with Crippen LogP contribution in [-0.4, -0.2) is 53.5 Å². The molecule has 0 saturated carbocycles. The Kier molecular flexibility index (Phi) is 6.40. The Bertz CT molecular complexity index is 1340. The van der Waals surface area contributed by atoms with Crippen molar-refractivity contribution in [2.75, 3.05) is 38.2 Å². The molecule has 1 saturated heterocycles. The van der Waals surface area contributed by atoms with Gasteiger partial charge in [-0.2, -0.15) is 0 Å². The summed E-state index contributed by atoms with van der Waals surface area (Å²) in [6.45, 7) is 4.35. The maximum atomic E-state index is 14.2. The first-order valence-electron chi connectivity index (χ1n) is 11.9. The molecule has 0 aliphatic carbocycles. The fourth-order valence-electron chi connectivity index (χ4n) is 5.01. The van der Waals surface area contributed by atoms with Crippen molar-refractivity contribution < 1.29 is 13.9 Å². The molecular formula is C28H29FN4O2. The highest BCUT2D eigenvalue weighted by atomic mass is 19.1. The van der Waals surface area contributed by atoms with E-state index in [2.05, 4.69) is 9.38 Å². The van der Waals surface area contributed by atoms with Gasteiger partial charge in [-0.3, -0.25) is 4.79 Å². The Morgan fingerprint density at radius 2 is 1.74 bits per heavy atom. The molecule has 2 aromatic carbocycles. The fraction of sp³-hybridized carbons (Fsp3) is 0.286. The Balaban J connectivity index is 1.41. The van der Waals surface area contributed by atoms with Gasteiger partial charge in [0.1, 0.15) is 17.2 Å². The highest BCUT2D eigenvalue weighted by Gasteiger charge is 2.29. The number of hydrogen-bond acceptors (Lipinski definition) is 4. The zero-order chi connectivity index (χ0) is 24.4. The average Bonchev–Trinajstić information content (AvgIpc) is 3.33. The van der Waals surface area contributed by atoms with Crippen LogP contribution >= 0.6 is 0 Å². The molecule has 0 bridgehead atoms. The quantitative estimate of drug-likeness (QED) is 0.410. The summed E-state index contributed by atoms with van der Waals surface area (Å²) in [5.41, 5.74) is 4.42. The maximum absolute atomic E-state index is 14.2. The number of ether oxygens (including phenoxy) is 1. The number of rotatable bonds is 6. The third-order valence-electron chi connectivity index (χ3n) is 6.83. The van der Waals surface area contributed by atoms with Crippen LogP contribution in [0.25, 0.3) is 5.65 Å². The molecule has 3 heterocycles. The number of carbonyl (C=O) groups is 1. The zero-order valence-corrected chi connectivity index (χ0v) is 20.0. The van der Waals surface area contributed by atoms with Crippen molar-refractivity contribution in [2.45, 2.75) is 19.3 Å². The van der Waals surface area contributed by atoms with Crippen molar-refractivity contribution in [1.82, 2.24) is 14.3 Å². The minimum Gasteiger partial charge on any atom is -0.496 e. The third-order valence-corrected chi connectivity index (χ3v) is 6.83. The van der Waals surface area contributed by atoms with Gasteiger partial charge in [0.25, 0.3) is 0 Å². The van der Waals surface area contributed by atoms with Gasteiger partial charge in [-0.25, -0.2) is 9.37 Å². The van der Waals surface area contributed by atoms with Crippen LogP contribution in [0.15, 0.2) is 72.9 Å². The molecule has 5 rings (SSSR count). The van der Waals surface area contributed by atoms with Gasteiger partial charge in [0, 0.05) is 56.0 Å². The van der Waals surface area contributed by atoms with Gasteiger partial charge in [0.05, 0.1) is 18.5 Å². The number of piperazine rings is 1. The molecule has 0 spiro atoms. The fourth-order valence-corrected chi connectivity index (χ4v) is 5.01. The number of carbonyl (C=O) groups excluding carboxylic acids is 1. The molecule has 1 unspecified atom stereocenters. The monoisotopic (exact) mass is 472 g/mol. The highest BCUT2D eigenvalue weighted by Crippen LogP contribution is 2.36. The van der Waals surface area contributed by atoms with E-state index in [9.17, 15) is 9.18 Å². The Hall–Kier alpha value is -3.87. The van der Waals surface area contributed by atoms with Gasteiger partial charge in [-0.15, -0.1) is 0 Å². The molecule has 7 heteroatoms. The van der Waals surface area contributed by atoms with Crippen molar-refractivity contribution in [1.29, 1.82) is 0 Å². The molecule has 1 aliphatic rings. The lowest BCUT2D eigenvalue weighted by Gasteiger charge is -2.37. The summed E-state index contributed by atoms with van der Waals surface area (Å²) >= 11 is 0. The molecule has 180 valence electrons. The lowest BCUT2D eigenvalue weighted by molar-refractivity contribution is -0.131. The van der Waals surface area contributed by atoms with Crippen molar-refractivity contribution >= 4 is 17.2 Å².